The van der Waals surface area contributed by atoms with Gasteiger partial charge in [-0.1, -0.05) is 18.2 Å². The summed E-state index contributed by atoms with van der Waals surface area (Å²) in [5, 5.41) is 0. The number of carbonyl (C=O) groups excluding carboxylic acids is 1. The number of benzene rings is 2. The Labute approximate surface area is 220 Å². The van der Waals surface area contributed by atoms with Gasteiger partial charge in [-0.25, -0.2) is 13.4 Å². The van der Waals surface area contributed by atoms with E-state index in [1.165, 1.54) is 17.7 Å². The maximum Gasteiger partial charge on any atom is 0.248 e. The minimum absolute atomic E-state index is 0.0864. The third-order valence-corrected chi connectivity index (χ3v) is 7.92. The summed E-state index contributed by atoms with van der Waals surface area (Å²) in [6.07, 6.45) is 3.07. The van der Waals surface area contributed by atoms with Gasteiger partial charge in [0.05, 0.1) is 18.6 Å². The summed E-state index contributed by atoms with van der Waals surface area (Å²) >= 11 is 0. The predicted molar refractivity (Wildman–Crippen MR) is 148 cm³/mol. The summed E-state index contributed by atoms with van der Waals surface area (Å²) in [7, 11) is 1.02. The zero-order valence-corrected chi connectivity index (χ0v) is 23.2. The maximum atomic E-state index is 13.1. The third-order valence-electron chi connectivity index (χ3n) is 5.76. The van der Waals surface area contributed by atoms with Crippen LogP contribution in [0.15, 0.2) is 57.5 Å². The van der Waals surface area contributed by atoms with E-state index in [4.69, 9.17) is 9.47 Å². The van der Waals surface area contributed by atoms with Crippen LogP contribution in [0.3, 0.4) is 0 Å². The number of allylic oxidation sites excluding steroid dienone is 1. The Hall–Kier alpha value is -3.34. The van der Waals surface area contributed by atoms with Crippen molar-refractivity contribution in [3.05, 3.63) is 64.9 Å². The molecule has 9 nitrogen and oxygen atoms in total. The maximum absolute atomic E-state index is 13.1. The lowest BCUT2D eigenvalue weighted by Gasteiger charge is -2.21. The highest BCUT2D eigenvalue weighted by molar-refractivity contribution is 7.89. The Bertz CT molecular complexity index is 1250. The number of methoxy groups -OCH3 is 1. The van der Waals surface area contributed by atoms with E-state index in [1.54, 1.807) is 51.2 Å². The van der Waals surface area contributed by atoms with Crippen LogP contribution in [0.25, 0.3) is 5.57 Å². The molecule has 0 atom stereocenters. The molecule has 0 aliphatic carbocycles. The van der Waals surface area contributed by atoms with Crippen LogP contribution in [0.5, 0.6) is 5.75 Å². The SMILES string of the molecule is C=NC=N/C=C(\C)c1cccc(CN(C)C(=O)COCCN(C)S(=O)(=O)c2c(C)cc(OC)cc2C)c1. The van der Waals surface area contributed by atoms with Gasteiger partial charge in [-0.3, -0.25) is 9.79 Å². The first-order chi connectivity index (χ1) is 17.5. The molecule has 0 spiro atoms. The Balaban J connectivity index is 1.90. The minimum Gasteiger partial charge on any atom is -0.497 e. The molecule has 200 valence electrons. The van der Waals surface area contributed by atoms with E-state index in [9.17, 15) is 13.2 Å². The fourth-order valence-corrected chi connectivity index (χ4v) is 5.28. The second kappa shape index (κ2) is 13.8. The molecule has 0 N–H and O–H groups in total. The molecule has 0 saturated heterocycles. The normalized spacial score (nSPS) is 12.2. The van der Waals surface area contributed by atoms with E-state index < -0.39 is 10.0 Å². The molecule has 0 aliphatic rings. The Morgan fingerprint density at radius 2 is 1.81 bits per heavy atom. The van der Waals surface area contributed by atoms with E-state index in [1.807, 2.05) is 31.2 Å². The van der Waals surface area contributed by atoms with Gasteiger partial charge in [-0.15, -0.1) is 0 Å². The molecule has 0 aromatic heterocycles. The quantitative estimate of drug-likeness (QED) is 0.224. The van der Waals surface area contributed by atoms with Crippen molar-refractivity contribution >= 4 is 34.6 Å². The van der Waals surface area contributed by atoms with Crippen LogP contribution in [0.2, 0.25) is 0 Å². The van der Waals surface area contributed by atoms with Crippen molar-refractivity contribution in [2.45, 2.75) is 32.2 Å². The van der Waals surface area contributed by atoms with Gasteiger partial charge in [-0.05, 0) is 73.5 Å². The van der Waals surface area contributed by atoms with Crippen LogP contribution in [0.1, 0.15) is 29.2 Å². The van der Waals surface area contributed by atoms with Gasteiger partial charge >= 0.3 is 0 Å². The summed E-state index contributed by atoms with van der Waals surface area (Å²) in [5.41, 5.74) is 4.12. The van der Waals surface area contributed by atoms with E-state index in [2.05, 4.69) is 16.7 Å². The highest BCUT2D eigenvalue weighted by Crippen LogP contribution is 2.27. The van der Waals surface area contributed by atoms with Gasteiger partial charge in [0.2, 0.25) is 15.9 Å². The van der Waals surface area contributed by atoms with Crippen LogP contribution >= 0.6 is 0 Å². The van der Waals surface area contributed by atoms with Crippen molar-refractivity contribution in [3.8, 4) is 5.75 Å². The number of nitrogens with zero attached hydrogens (tertiary/aromatic N) is 4. The summed E-state index contributed by atoms with van der Waals surface area (Å²) in [4.78, 5) is 22.0. The topological polar surface area (TPSA) is 101 Å². The second-order valence-corrected chi connectivity index (χ2v) is 10.7. The third kappa shape index (κ3) is 8.34. The molecule has 0 bridgehead atoms. The van der Waals surface area contributed by atoms with Gasteiger partial charge in [0.1, 0.15) is 18.7 Å². The number of carbonyl (C=O) groups is 1. The average molecular weight is 529 g/mol. The minimum atomic E-state index is -3.72. The first-order valence-electron chi connectivity index (χ1n) is 11.7. The molecule has 2 aromatic rings. The van der Waals surface area contributed by atoms with Crippen LogP contribution in [-0.4, -0.2) is 77.5 Å². The number of aliphatic imine (C=N–C) groups is 2. The van der Waals surface area contributed by atoms with Crippen molar-refractivity contribution in [3.63, 3.8) is 0 Å². The molecule has 0 saturated carbocycles. The number of likely N-dealkylation sites (N-methyl/N-ethyl adjacent to an activating group) is 2. The summed E-state index contributed by atoms with van der Waals surface area (Å²) in [5.74, 6) is 0.405. The highest BCUT2D eigenvalue weighted by atomic mass is 32.2. The molecule has 1 amide bonds. The van der Waals surface area contributed by atoms with E-state index in [0.29, 0.717) is 23.4 Å². The standard InChI is InChI=1S/C27H36N4O5S/c1-20-13-25(35-7)14-21(2)27(20)37(33,34)31(6)11-12-36-18-26(32)30(5)17-23-9-8-10-24(15-23)22(3)16-29-19-28-4/h8-10,13-16,19H,4,11-12,17-18H2,1-3,5-7H3/b22-16+,29-19?. The van der Waals surface area contributed by atoms with Crippen LogP contribution in [0, 0.1) is 13.8 Å². The van der Waals surface area contributed by atoms with Gasteiger partial charge in [0, 0.05) is 33.4 Å². The first kappa shape index (κ1) is 29.9. The van der Waals surface area contributed by atoms with Gasteiger partial charge in [-0.2, -0.15) is 4.31 Å². The average Bonchev–Trinajstić information content (AvgIpc) is 2.85. The van der Waals surface area contributed by atoms with Crippen molar-refractivity contribution < 1.29 is 22.7 Å². The largest absolute Gasteiger partial charge is 0.497 e. The number of rotatable bonds is 13. The molecule has 10 heteroatoms. The number of hydrogen-bond donors (Lipinski definition) is 0. The number of aryl methyl sites for hydroxylation is 2. The van der Waals surface area contributed by atoms with Gasteiger partial charge in [0.25, 0.3) is 0 Å². The van der Waals surface area contributed by atoms with Crippen molar-refractivity contribution in [2.24, 2.45) is 9.98 Å². The summed E-state index contributed by atoms with van der Waals surface area (Å²) < 4.78 is 38.2. The van der Waals surface area contributed by atoms with Crippen LogP contribution < -0.4 is 4.74 Å². The zero-order valence-electron chi connectivity index (χ0n) is 22.4. The zero-order chi connectivity index (χ0) is 27.6. The Morgan fingerprint density at radius 3 is 2.43 bits per heavy atom. The molecule has 0 radical (unpaired) electrons. The fraction of sp³-hybridized carbons (Fsp3) is 0.370. The van der Waals surface area contributed by atoms with Crippen LogP contribution in [0.4, 0.5) is 0 Å². The Kier molecular flexibility index (Phi) is 11.2. The van der Waals surface area contributed by atoms with E-state index >= 15 is 0 Å². The van der Waals surface area contributed by atoms with Crippen molar-refractivity contribution in [1.82, 2.24) is 9.21 Å². The molecule has 37 heavy (non-hydrogen) atoms. The number of amides is 1. The monoisotopic (exact) mass is 528 g/mol. The van der Waals surface area contributed by atoms with E-state index in [0.717, 1.165) is 16.7 Å². The lowest BCUT2D eigenvalue weighted by atomic mass is 10.1. The van der Waals surface area contributed by atoms with Crippen molar-refractivity contribution in [1.29, 1.82) is 0 Å². The summed E-state index contributed by atoms with van der Waals surface area (Å²) in [6.45, 7) is 9.23. The van der Waals surface area contributed by atoms with Crippen molar-refractivity contribution in [2.75, 3.05) is 41.0 Å². The lowest BCUT2D eigenvalue weighted by molar-refractivity contribution is -0.135. The highest BCUT2D eigenvalue weighted by Gasteiger charge is 2.25. The lowest BCUT2D eigenvalue weighted by Crippen LogP contribution is -2.33. The molecule has 0 heterocycles. The molecule has 2 rings (SSSR count). The molecule has 0 fully saturated rings. The molecule has 0 unspecified atom stereocenters. The predicted octanol–water partition coefficient (Wildman–Crippen LogP) is 3.70. The van der Waals surface area contributed by atoms with Crippen LogP contribution in [-0.2, 0) is 26.1 Å². The first-order valence-corrected chi connectivity index (χ1v) is 13.1. The number of hydrogen-bond acceptors (Lipinski definition) is 6. The van der Waals surface area contributed by atoms with Gasteiger partial charge in [0.15, 0.2) is 0 Å². The smallest absolute Gasteiger partial charge is 0.248 e. The second-order valence-electron chi connectivity index (χ2n) is 8.68. The molecular weight excluding hydrogens is 492 g/mol. The number of sulfonamides is 1. The molecule has 2 aromatic carbocycles. The molecular formula is C27H36N4O5S. The van der Waals surface area contributed by atoms with E-state index in [-0.39, 0.29) is 30.6 Å². The Morgan fingerprint density at radius 1 is 1.14 bits per heavy atom. The van der Waals surface area contributed by atoms with Gasteiger partial charge < -0.3 is 14.4 Å². The fourth-order valence-electron chi connectivity index (χ4n) is 3.72. The number of ether oxygens (including phenoxy) is 2. The summed E-state index contributed by atoms with van der Waals surface area (Å²) in [6, 6.07) is 11.2. The molecule has 0 aliphatic heterocycles.